The van der Waals surface area contributed by atoms with Gasteiger partial charge in [-0.3, -0.25) is 9.59 Å². The lowest BCUT2D eigenvalue weighted by atomic mass is 9.88. The van der Waals surface area contributed by atoms with Gasteiger partial charge >= 0.3 is 0 Å². The molecule has 0 aromatic heterocycles. The Kier molecular flexibility index (Phi) is 7.51. The van der Waals surface area contributed by atoms with Crippen molar-refractivity contribution in [1.29, 1.82) is 0 Å². The highest BCUT2D eigenvalue weighted by molar-refractivity contribution is 7.92. The van der Waals surface area contributed by atoms with Crippen molar-refractivity contribution in [3.63, 3.8) is 0 Å². The second kappa shape index (κ2) is 10.3. The summed E-state index contributed by atoms with van der Waals surface area (Å²) in [6, 6.07) is 12.2. The Morgan fingerprint density at radius 3 is 2.16 bits per heavy atom. The summed E-state index contributed by atoms with van der Waals surface area (Å²) >= 11 is 0. The van der Waals surface area contributed by atoms with Crippen LogP contribution in [0.15, 0.2) is 65.4 Å². The van der Waals surface area contributed by atoms with Gasteiger partial charge in [0.25, 0.3) is 5.91 Å². The van der Waals surface area contributed by atoms with E-state index in [4.69, 9.17) is 5.14 Å². The number of hydrogen-bond donors (Lipinski definition) is 1. The van der Waals surface area contributed by atoms with Gasteiger partial charge in [0.05, 0.1) is 5.92 Å². The molecule has 2 heterocycles. The maximum atomic E-state index is 14.4. The molecule has 2 N–H and O–H groups in total. The van der Waals surface area contributed by atoms with Crippen molar-refractivity contribution in [1.82, 2.24) is 14.1 Å². The van der Waals surface area contributed by atoms with Crippen molar-refractivity contribution in [3.05, 3.63) is 77.5 Å². The molecule has 13 heteroatoms. The molecule has 2 aromatic carbocycles. The van der Waals surface area contributed by atoms with Gasteiger partial charge in [-0.1, -0.05) is 36.9 Å². The largest absolute Gasteiger partial charge is 0.340 e. The minimum absolute atomic E-state index is 0.0620. The van der Waals surface area contributed by atoms with Crippen molar-refractivity contribution in [3.8, 4) is 0 Å². The van der Waals surface area contributed by atoms with Crippen molar-refractivity contribution in [2.24, 2.45) is 11.1 Å². The molecular formula is C24H27FN4O6S2. The molecule has 2 fully saturated rings. The number of halogens is 1. The molecule has 2 aliphatic heterocycles. The van der Waals surface area contributed by atoms with Crippen LogP contribution in [-0.4, -0.2) is 82.0 Å². The van der Waals surface area contributed by atoms with E-state index in [-0.39, 0.29) is 56.7 Å². The minimum Gasteiger partial charge on any atom is -0.340 e. The number of carbonyl (C=O) groups excluding carboxylic acids is 2. The molecule has 2 aliphatic rings. The SMILES string of the molecule is C=CS(=O)(=O)N1CCN(C(=O)[C@@H]2CN(C(=O)c3ccc(S(N)(=O)=O)c(F)c3)C[C@H]2c2ccccc2)CC1. The van der Waals surface area contributed by atoms with Gasteiger partial charge in [-0.25, -0.2) is 26.4 Å². The van der Waals surface area contributed by atoms with Crippen LogP contribution in [0.1, 0.15) is 21.8 Å². The number of sulfonamides is 2. The van der Waals surface area contributed by atoms with E-state index >= 15 is 0 Å². The molecule has 198 valence electrons. The van der Waals surface area contributed by atoms with Gasteiger partial charge in [0.1, 0.15) is 10.7 Å². The third-order valence-electron chi connectivity index (χ3n) is 6.76. The molecule has 0 radical (unpaired) electrons. The third kappa shape index (κ3) is 5.59. The predicted molar refractivity (Wildman–Crippen MR) is 134 cm³/mol. The Balaban J connectivity index is 1.56. The van der Waals surface area contributed by atoms with Gasteiger partial charge in [0.2, 0.25) is 26.0 Å². The Labute approximate surface area is 215 Å². The Hall–Kier alpha value is -3.13. The first-order valence-corrected chi connectivity index (χ1v) is 14.6. The minimum atomic E-state index is -4.28. The van der Waals surface area contributed by atoms with Gasteiger partial charge < -0.3 is 9.80 Å². The van der Waals surface area contributed by atoms with Crippen LogP contribution in [0.25, 0.3) is 0 Å². The second-order valence-electron chi connectivity index (χ2n) is 8.96. The fourth-order valence-electron chi connectivity index (χ4n) is 4.81. The van der Waals surface area contributed by atoms with Crippen LogP contribution < -0.4 is 5.14 Å². The molecule has 37 heavy (non-hydrogen) atoms. The smallest absolute Gasteiger partial charge is 0.254 e. The van der Waals surface area contributed by atoms with E-state index in [0.717, 1.165) is 23.1 Å². The lowest BCUT2D eigenvalue weighted by molar-refractivity contribution is -0.136. The summed E-state index contributed by atoms with van der Waals surface area (Å²) < 4.78 is 62.8. The van der Waals surface area contributed by atoms with Crippen LogP contribution in [-0.2, 0) is 24.8 Å². The molecule has 0 saturated carbocycles. The van der Waals surface area contributed by atoms with Gasteiger partial charge in [0, 0.05) is 56.2 Å². The number of rotatable bonds is 6. The summed E-state index contributed by atoms with van der Waals surface area (Å²) in [4.78, 5) is 29.2. The normalized spacial score (nSPS) is 21.1. The number of piperazine rings is 1. The highest BCUT2D eigenvalue weighted by Crippen LogP contribution is 2.35. The second-order valence-corrected chi connectivity index (χ2v) is 12.4. The molecule has 2 atom stereocenters. The number of nitrogens with zero attached hydrogens (tertiary/aromatic N) is 3. The molecule has 0 bridgehead atoms. The van der Waals surface area contributed by atoms with Crippen molar-refractivity contribution >= 4 is 31.9 Å². The highest BCUT2D eigenvalue weighted by Gasteiger charge is 2.43. The first-order valence-electron chi connectivity index (χ1n) is 11.5. The lowest BCUT2D eigenvalue weighted by Gasteiger charge is -2.35. The van der Waals surface area contributed by atoms with E-state index in [1.54, 1.807) is 4.90 Å². The first-order chi connectivity index (χ1) is 17.4. The molecule has 10 nitrogen and oxygen atoms in total. The van der Waals surface area contributed by atoms with E-state index in [9.17, 15) is 30.8 Å². The number of amides is 2. The van der Waals surface area contributed by atoms with Crippen molar-refractivity contribution < 1.29 is 30.8 Å². The molecule has 0 unspecified atom stereocenters. The van der Waals surface area contributed by atoms with Gasteiger partial charge in [-0.2, -0.15) is 4.31 Å². The van der Waals surface area contributed by atoms with E-state index in [2.05, 4.69) is 6.58 Å². The van der Waals surface area contributed by atoms with Crippen molar-refractivity contribution in [2.45, 2.75) is 10.8 Å². The van der Waals surface area contributed by atoms with Crippen LogP contribution >= 0.6 is 0 Å². The maximum Gasteiger partial charge on any atom is 0.254 e. The molecule has 2 amide bonds. The summed E-state index contributed by atoms with van der Waals surface area (Å²) in [5, 5.41) is 5.89. The fourth-order valence-corrected chi connectivity index (χ4v) is 6.28. The fraction of sp³-hybridized carbons (Fsp3) is 0.333. The van der Waals surface area contributed by atoms with E-state index in [1.165, 1.54) is 15.3 Å². The van der Waals surface area contributed by atoms with Gasteiger partial charge in [-0.15, -0.1) is 0 Å². The summed E-state index contributed by atoms with van der Waals surface area (Å²) in [7, 11) is -7.86. The van der Waals surface area contributed by atoms with Crippen molar-refractivity contribution in [2.75, 3.05) is 39.3 Å². The van der Waals surface area contributed by atoms with E-state index < -0.39 is 42.6 Å². The first kappa shape index (κ1) is 26.9. The zero-order valence-electron chi connectivity index (χ0n) is 19.9. The van der Waals surface area contributed by atoms with Crippen LogP contribution in [0, 0.1) is 11.7 Å². The van der Waals surface area contributed by atoms with E-state index in [0.29, 0.717) is 0 Å². The number of carbonyl (C=O) groups is 2. The lowest BCUT2D eigenvalue weighted by Crippen LogP contribution is -2.52. The van der Waals surface area contributed by atoms with Crippen LogP contribution in [0.3, 0.4) is 0 Å². The van der Waals surface area contributed by atoms with Crippen LogP contribution in [0.2, 0.25) is 0 Å². The number of nitrogens with two attached hydrogens (primary N) is 1. The average molecular weight is 551 g/mol. The third-order valence-corrected chi connectivity index (χ3v) is 9.21. The zero-order valence-corrected chi connectivity index (χ0v) is 21.5. The quantitative estimate of drug-likeness (QED) is 0.568. The summed E-state index contributed by atoms with van der Waals surface area (Å²) in [5.41, 5.74) is 0.799. The Morgan fingerprint density at radius 2 is 1.59 bits per heavy atom. The predicted octanol–water partition coefficient (Wildman–Crippen LogP) is 0.946. The number of hydrogen-bond acceptors (Lipinski definition) is 6. The number of likely N-dealkylation sites (tertiary alicyclic amines) is 1. The number of primary sulfonamides is 1. The molecule has 4 rings (SSSR count). The summed E-state index contributed by atoms with van der Waals surface area (Å²) in [6.07, 6.45) is 0. The average Bonchev–Trinajstić information content (AvgIpc) is 3.33. The monoisotopic (exact) mass is 550 g/mol. The number of benzene rings is 2. The summed E-state index contributed by atoms with van der Waals surface area (Å²) in [5.74, 6) is -2.80. The molecular weight excluding hydrogens is 523 g/mol. The summed E-state index contributed by atoms with van der Waals surface area (Å²) in [6.45, 7) is 4.29. The van der Waals surface area contributed by atoms with E-state index in [1.807, 2.05) is 30.3 Å². The molecule has 0 spiro atoms. The topological polar surface area (TPSA) is 138 Å². The molecule has 2 saturated heterocycles. The molecule has 0 aliphatic carbocycles. The highest BCUT2D eigenvalue weighted by atomic mass is 32.2. The van der Waals surface area contributed by atoms with Gasteiger partial charge in [-0.05, 0) is 23.8 Å². The standard InChI is InChI=1S/C24H27FN4O6S2/c1-2-36(32,33)29-12-10-27(11-13-29)24(31)20-16-28(15-19(20)17-6-4-3-5-7-17)23(30)18-8-9-22(21(25)14-18)37(26,34)35/h2-9,14,19-20H,1,10-13,15-16H2,(H2,26,34,35)/t19-,20+/m0/s1. The maximum absolute atomic E-state index is 14.4. The Bertz CT molecular complexity index is 1420. The van der Waals surface area contributed by atoms with Crippen LogP contribution in [0.5, 0.6) is 0 Å². The Morgan fingerprint density at radius 1 is 0.946 bits per heavy atom. The van der Waals surface area contributed by atoms with Gasteiger partial charge in [0.15, 0.2) is 0 Å². The van der Waals surface area contributed by atoms with Crippen LogP contribution in [0.4, 0.5) is 4.39 Å². The zero-order chi connectivity index (χ0) is 27.0. The molecule has 2 aromatic rings.